The highest BCUT2D eigenvalue weighted by atomic mass is 35.5. The van der Waals surface area contributed by atoms with Gasteiger partial charge in [-0.1, -0.05) is 11.6 Å². The molecule has 1 amide bonds. The first kappa shape index (κ1) is 15.2. The molecule has 8 heteroatoms. The van der Waals surface area contributed by atoms with E-state index in [0.29, 0.717) is 12.8 Å². The van der Waals surface area contributed by atoms with Gasteiger partial charge in [0.05, 0.1) is 5.92 Å². The number of carbonyl (C=O) groups excluding carboxylic acids is 1. The minimum absolute atomic E-state index is 0.0142. The van der Waals surface area contributed by atoms with Gasteiger partial charge in [-0.05, 0) is 31.0 Å². The SMILES string of the molecule is NC(=O)[C@@H]1CCCN(S(=O)(=O)c2ccc(Cl)cc2F)C1. The molecule has 5 nitrogen and oxygen atoms in total. The lowest BCUT2D eigenvalue weighted by Gasteiger charge is -2.30. The molecule has 0 spiro atoms. The molecule has 1 saturated heterocycles. The Morgan fingerprint density at radius 3 is 2.75 bits per heavy atom. The smallest absolute Gasteiger partial charge is 0.246 e. The van der Waals surface area contributed by atoms with Crippen molar-refractivity contribution in [3.63, 3.8) is 0 Å². The first-order valence-corrected chi connectivity index (χ1v) is 7.88. The molecular formula is C12H14ClFN2O3S. The number of hydrogen-bond acceptors (Lipinski definition) is 3. The first-order chi connectivity index (χ1) is 9.32. The van der Waals surface area contributed by atoms with Crippen LogP contribution in [0.25, 0.3) is 0 Å². The van der Waals surface area contributed by atoms with E-state index >= 15 is 0 Å². The van der Waals surface area contributed by atoms with Crippen molar-refractivity contribution in [1.29, 1.82) is 0 Å². The Morgan fingerprint density at radius 2 is 2.15 bits per heavy atom. The predicted molar refractivity (Wildman–Crippen MR) is 72.1 cm³/mol. The lowest BCUT2D eigenvalue weighted by molar-refractivity contribution is -0.122. The third-order valence-electron chi connectivity index (χ3n) is 3.30. The van der Waals surface area contributed by atoms with E-state index in [1.807, 2.05) is 0 Å². The van der Waals surface area contributed by atoms with Gasteiger partial charge < -0.3 is 5.73 Å². The van der Waals surface area contributed by atoms with Crippen LogP contribution in [0.4, 0.5) is 4.39 Å². The summed E-state index contributed by atoms with van der Waals surface area (Å²) in [6, 6.07) is 3.39. The van der Waals surface area contributed by atoms with Crippen LogP contribution in [0.5, 0.6) is 0 Å². The van der Waals surface area contributed by atoms with Crippen LogP contribution in [0.3, 0.4) is 0 Å². The van der Waals surface area contributed by atoms with Gasteiger partial charge in [0.2, 0.25) is 15.9 Å². The first-order valence-electron chi connectivity index (χ1n) is 6.07. The molecule has 2 rings (SSSR count). The molecule has 1 fully saturated rings. The van der Waals surface area contributed by atoms with Crippen LogP contribution in [0.2, 0.25) is 5.02 Å². The number of benzene rings is 1. The van der Waals surface area contributed by atoms with Crippen molar-refractivity contribution in [1.82, 2.24) is 4.31 Å². The van der Waals surface area contributed by atoms with E-state index in [4.69, 9.17) is 17.3 Å². The zero-order chi connectivity index (χ0) is 14.9. The number of rotatable bonds is 3. The average Bonchev–Trinajstić information content (AvgIpc) is 2.38. The molecule has 110 valence electrons. The van der Waals surface area contributed by atoms with Gasteiger partial charge in [-0.15, -0.1) is 0 Å². The fourth-order valence-corrected chi connectivity index (χ4v) is 3.94. The second-order valence-electron chi connectivity index (χ2n) is 4.68. The van der Waals surface area contributed by atoms with Gasteiger partial charge in [-0.3, -0.25) is 4.79 Å². The normalized spacial score (nSPS) is 20.8. The second-order valence-corrected chi connectivity index (χ2v) is 7.02. The minimum Gasteiger partial charge on any atom is -0.369 e. The van der Waals surface area contributed by atoms with Crippen LogP contribution >= 0.6 is 11.6 Å². The van der Waals surface area contributed by atoms with Crippen molar-refractivity contribution in [3.8, 4) is 0 Å². The molecule has 0 aliphatic carbocycles. The van der Waals surface area contributed by atoms with Crippen molar-refractivity contribution < 1.29 is 17.6 Å². The minimum atomic E-state index is -3.98. The maximum absolute atomic E-state index is 13.8. The molecule has 0 unspecified atom stereocenters. The zero-order valence-corrected chi connectivity index (χ0v) is 12.1. The Morgan fingerprint density at radius 1 is 1.45 bits per heavy atom. The van der Waals surface area contributed by atoms with Crippen LogP contribution in [-0.2, 0) is 14.8 Å². The second kappa shape index (κ2) is 5.67. The highest BCUT2D eigenvalue weighted by Gasteiger charge is 2.33. The number of piperidine rings is 1. The summed E-state index contributed by atoms with van der Waals surface area (Å²) >= 11 is 5.61. The number of amides is 1. The lowest BCUT2D eigenvalue weighted by atomic mass is 9.99. The number of nitrogens with zero attached hydrogens (tertiary/aromatic N) is 1. The van der Waals surface area contributed by atoms with Crippen molar-refractivity contribution >= 4 is 27.5 Å². The van der Waals surface area contributed by atoms with Crippen LogP contribution in [0.15, 0.2) is 23.1 Å². The van der Waals surface area contributed by atoms with E-state index in [-0.39, 0.29) is 18.1 Å². The van der Waals surface area contributed by atoms with Gasteiger partial charge in [0.1, 0.15) is 10.7 Å². The number of carbonyl (C=O) groups is 1. The van der Waals surface area contributed by atoms with Gasteiger partial charge in [0, 0.05) is 18.1 Å². The van der Waals surface area contributed by atoms with E-state index < -0.39 is 32.6 Å². The average molecular weight is 321 g/mol. The molecule has 0 aromatic heterocycles. The molecule has 20 heavy (non-hydrogen) atoms. The van der Waals surface area contributed by atoms with E-state index in [9.17, 15) is 17.6 Å². The molecule has 0 radical (unpaired) electrons. The van der Waals surface area contributed by atoms with Crippen LogP contribution in [-0.4, -0.2) is 31.7 Å². The summed E-state index contributed by atoms with van der Waals surface area (Å²) in [5.74, 6) is -1.98. The summed E-state index contributed by atoms with van der Waals surface area (Å²) in [5.41, 5.74) is 5.21. The van der Waals surface area contributed by atoms with Crippen LogP contribution in [0.1, 0.15) is 12.8 Å². The molecule has 1 atom stereocenters. The van der Waals surface area contributed by atoms with Crippen molar-refractivity contribution in [2.45, 2.75) is 17.7 Å². The Hall–Kier alpha value is -1.18. The predicted octanol–water partition coefficient (Wildman–Crippen LogP) is 1.37. The summed E-state index contributed by atoms with van der Waals surface area (Å²) in [6.45, 7) is 0.230. The summed E-state index contributed by atoms with van der Waals surface area (Å²) < 4.78 is 39.6. The Kier molecular flexibility index (Phi) is 4.31. The third kappa shape index (κ3) is 2.94. The third-order valence-corrected chi connectivity index (χ3v) is 5.43. The quantitative estimate of drug-likeness (QED) is 0.913. The molecule has 1 aliphatic rings. The van der Waals surface area contributed by atoms with Gasteiger partial charge in [-0.25, -0.2) is 12.8 Å². The van der Waals surface area contributed by atoms with E-state index in [2.05, 4.69) is 0 Å². The lowest BCUT2D eigenvalue weighted by Crippen LogP contribution is -2.44. The molecule has 1 aliphatic heterocycles. The van der Waals surface area contributed by atoms with Gasteiger partial charge in [-0.2, -0.15) is 4.31 Å². The molecule has 1 aromatic rings. The Bertz CT molecular complexity index is 636. The van der Waals surface area contributed by atoms with E-state index in [1.54, 1.807) is 0 Å². The van der Waals surface area contributed by atoms with E-state index in [0.717, 1.165) is 16.4 Å². The monoisotopic (exact) mass is 320 g/mol. The summed E-state index contributed by atoms with van der Waals surface area (Å²) in [6.07, 6.45) is 1.06. The summed E-state index contributed by atoms with van der Waals surface area (Å²) in [7, 11) is -3.98. The fourth-order valence-electron chi connectivity index (χ4n) is 2.22. The number of nitrogens with two attached hydrogens (primary N) is 1. The van der Waals surface area contributed by atoms with Crippen molar-refractivity contribution in [2.75, 3.05) is 13.1 Å². The van der Waals surface area contributed by atoms with Crippen molar-refractivity contribution in [2.24, 2.45) is 11.7 Å². The molecule has 1 aromatic carbocycles. The zero-order valence-electron chi connectivity index (χ0n) is 10.6. The highest BCUT2D eigenvalue weighted by molar-refractivity contribution is 7.89. The molecule has 2 N–H and O–H groups in total. The van der Waals surface area contributed by atoms with Crippen LogP contribution < -0.4 is 5.73 Å². The number of halogens is 2. The number of primary amides is 1. The largest absolute Gasteiger partial charge is 0.369 e. The molecule has 0 saturated carbocycles. The maximum atomic E-state index is 13.8. The standard InChI is InChI=1S/C12H14ClFN2O3S/c13-9-3-4-11(10(14)6-9)20(18,19)16-5-1-2-8(7-16)12(15)17/h3-4,6,8H,1-2,5,7H2,(H2,15,17)/t8-/m1/s1. The van der Waals surface area contributed by atoms with Crippen LogP contribution in [0, 0.1) is 11.7 Å². The Labute approximate surface area is 121 Å². The van der Waals surface area contributed by atoms with Gasteiger partial charge >= 0.3 is 0 Å². The van der Waals surface area contributed by atoms with Gasteiger partial charge in [0.15, 0.2) is 0 Å². The maximum Gasteiger partial charge on any atom is 0.246 e. The molecular weight excluding hydrogens is 307 g/mol. The molecule has 0 bridgehead atoms. The fraction of sp³-hybridized carbons (Fsp3) is 0.417. The highest BCUT2D eigenvalue weighted by Crippen LogP contribution is 2.26. The van der Waals surface area contributed by atoms with E-state index in [1.165, 1.54) is 6.07 Å². The van der Waals surface area contributed by atoms with Crippen molar-refractivity contribution in [3.05, 3.63) is 29.0 Å². The summed E-state index contributed by atoms with van der Waals surface area (Å²) in [5, 5.41) is 0.120. The topological polar surface area (TPSA) is 80.5 Å². The number of hydrogen-bond donors (Lipinski definition) is 1. The number of sulfonamides is 1. The Balaban J connectivity index is 2.32. The van der Waals surface area contributed by atoms with Gasteiger partial charge in [0.25, 0.3) is 0 Å². The summed E-state index contributed by atoms with van der Waals surface area (Å²) in [4.78, 5) is 10.7. The molecule has 1 heterocycles.